The van der Waals surface area contributed by atoms with E-state index >= 15 is 0 Å². The van der Waals surface area contributed by atoms with Crippen LogP contribution in [0.1, 0.15) is 52.9 Å². The van der Waals surface area contributed by atoms with Crippen molar-refractivity contribution in [2.75, 3.05) is 0 Å². The van der Waals surface area contributed by atoms with Crippen LogP contribution in [-0.4, -0.2) is 11.8 Å². The summed E-state index contributed by atoms with van der Waals surface area (Å²) in [6, 6.07) is 7.64. The van der Waals surface area contributed by atoms with Gasteiger partial charge in [-0.25, -0.2) is 4.79 Å². The molecule has 0 saturated heterocycles. The Morgan fingerprint density at radius 2 is 1.81 bits per heavy atom. The monoisotopic (exact) mass is 351 g/mol. The fourth-order valence-corrected chi connectivity index (χ4v) is 3.79. The second-order valence-corrected chi connectivity index (χ2v) is 7.30. The zero-order valence-corrected chi connectivity index (χ0v) is 14.8. The van der Waals surface area contributed by atoms with Crippen LogP contribution in [0.25, 0.3) is 11.1 Å². The third kappa shape index (κ3) is 2.98. The molecule has 26 heavy (non-hydrogen) atoms. The predicted octanol–water partition coefficient (Wildman–Crippen LogP) is 3.16. The topological polar surface area (TPSA) is 76.4 Å². The molecule has 5 heteroatoms. The summed E-state index contributed by atoms with van der Waals surface area (Å²) >= 11 is 0. The molecule has 0 atom stereocenters. The minimum Gasteiger partial charge on any atom is -0.426 e. The van der Waals surface area contributed by atoms with E-state index in [1.54, 1.807) is 0 Å². The van der Waals surface area contributed by atoms with Gasteiger partial charge in [0.25, 0.3) is 5.91 Å². The summed E-state index contributed by atoms with van der Waals surface area (Å²) in [6.45, 7) is 1.98. The molecule has 0 bridgehead atoms. The molecular weight excluding hydrogens is 330 g/mol. The van der Waals surface area contributed by atoms with Gasteiger partial charge in [-0.15, -0.1) is 0 Å². The smallest absolute Gasteiger partial charge is 0.344 e. The number of hydrogen-bond acceptors (Lipinski definition) is 4. The average molecular weight is 351 g/mol. The van der Waals surface area contributed by atoms with Gasteiger partial charge in [0, 0.05) is 0 Å². The third-order valence-electron chi connectivity index (χ3n) is 5.47. The number of aryl methyl sites for hydroxylation is 1. The summed E-state index contributed by atoms with van der Waals surface area (Å²) in [5, 5.41) is 2.36. The van der Waals surface area contributed by atoms with Gasteiger partial charge in [-0.3, -0.25) is 14.9 Å². The van der Waals surface area contributed by atoms with E-state index in [4.69, 9.17) is 4.42 Å². The molecule has 1 aliphatic carbocycles. The summed E-state index contributed by atoms with van der Waals surface area (Å²) in [7, 11) is 0. The summed E-state index contributed by atoms with van der Waals surface area (Å²) in [5.41, 5.74) is 2.92. The quantitative estimate of drug-likeness (QED) is 0.859. The second kappa shape index (κ2) is 6.56. The number of amides is 2. The second-order valence-electron chi connectivity index (χ2n) is 7.30. The van der Waals surface area contributed by atoms with Crippen molar-refractivity contribution in [3.8, 4) is 11.1 Å². The van der Waals surface area contributed by atoms with Gasteiger partial charge >= 0.3 is 5.63 Å². The SMILES string of the molecule is Cc1ccc(-c2c(CCC3CCC3)c3c(oc2=O)CC(=O)NC3=O)cc1. The van der Waals surface area contributed by atoms with Crippen molar-refractivity contribution < 1.29 is 14.0 Å². The fourth-order valence-electron chi connectivity index (χ4n) is 3.79. The van der Waals surface area contributed by atoms with Crippen molar-refractivity contribution in [1.82, 2.24) is 5.32 Å². The lowest BCUT2D eigenvalue weighted by molar-refractivity contribution is -0.120. The van der Waals surface area contributed by atoms with Crippen molar-refractivity contribution in [1.29, 1.82) is 0 Å². The molecule has 1 saturated carbocycles. The standard InChI is InChI=1S/C21H21NO4/c1-12-5-8-14(9-6-12)18-15(10-7-13-3-2-4-13)19-16(26-21(18)25)11-17(23)22-20(19)24/h5-6,8-9,13H,2-4,7,10-11H2,1H3,(H,22,23,24). The number of hydrogen-bond donors (Lipinski definition) is 1. The summed E-state index contributed by atoms with van der Waals surface area (Å²) in [4.78, 5) is 36.9. The van der Waals surface area contributed by atoms with E-state index in [-0.39, 0.29) is 12.2 Å². The Balaban J connectivity index is 1.87. The maximum Gasteiger partial charge on any atom is 0.344 e. The minimum absolute atomic E-state index is 0.0685. The van der Waals surface area contributed by atoms with E-state index in [9.17, 15) is 14.4 Å². The molecule has 0 radical (unpaired) electrons. The van der Waals surface area contributed by atoms with E-state index in [1.165, 1.54) is 19.3 Å². The first-order valence-corrected chi connectivity index (χ1v) is 9.13. The van der Waals surface area contributed by atoms with Crippen LogP contribution in [0.3, 0.4) is 0 Å². The predicted molar refractivity (Wildman–Crippen MR) is 97.0 cm³/mol. The number of carbonyl (C=O) groups excluding carboxylic acids is 2. The van der Waals surface area contributed by atoms with Crippen LogP contribution in [-0.2, 0) is 17.6 Å². The molecule has 134 valence electrons. The third-order valence-corrected chi connectivity index (χ3v) is 5.47. The van der Waals surface area contributed by atoms with Gasteiger partial charge in [0.2, 0.25) is 5.91 Å². The lowest BCUT2D eigenvalue weighted by atomic mass is 9.80. The normalized spacial score (nSPS) is 16.8. The van der Waals surface area contributed by atoms with E-state index in [0.29, 0.717) is 23.5 Å². The van der Waals surface area contributed by atoms with Crippen LogP contribution in [0, 0.1) is 12.8 Å². The molecule has 5 nitrogen and oxygen atoms in total. The lowest BCUT2D eigenvalue weighted by Gasteiger charge is -2.26. The van der Waals surface area contributed by atoms with E-state index < -0.39 is 17.4 Å². The molecule has 0 unspecified atom stereocenters. The van der Waals surface area contributed by atoms with E-state index in [1.807, 2.05) is 31.2 Å². The highest BCUT2D eigenvalue weighted by Gasteiger charge is 2.31. The van der Waals surface area contributed by atoms with Gasteiger partial charge < -0.3 is 4.42 Å². The summed E-state index contributed by atoms with van der Waals surface area (Å²) in [6.07, 6.45) is 5.17. The number of fused-ring (bicyclic) bond motifs is 1. The largest absolute Gasteiger partial charge is 0.426 e. The zero-order chi connectivity index (χ0) is 18.3. The Labute approximate surface area is 151 Å². The van der Waals surface area contributed by atoms with Crippen LogP contribution in [0.5, 0.6) is 0 Å². The Morgan fingerprint density at radius 1 is 1.08 bits per heavy atom. The molecule has 2 aliphatic rings. The Morgan fingerprint density at radius 3 is 2.46 bits per heavy atom. The highest BCUT2D eigenvalue weighted by atomic mass is 16.4. The molecule has 1 aliphatic heterocycles. The maximum absolute atomic E-state index is 12.7. The number of carbonyl (C=O) groups is 2. The molecule has 2 heterocycles. The molecule has 1 aromatic carbocycles. The fraction of sp³-hybridized carbons (Fsp3) is 0.381. The number of benzene rings is 1. The van der Waals surface area contributed by atoms with Gasteiger partial charge in [0.05, 0.1) is 17.5 Å². The molecule has 2 aromatic rings. The molecule has 1 fully saturated rings. The Bertz CT molecular complexity index is 936. The first-order chi connectivity index (χ1) is 12.5. The summed E-state index contributed by atoms with van der Waals surface area (Å²) in [5.74, 6) is -0.0454. The van der Waals surface area contributed by atoms with Gasteiger partial charge in [0.15, 0.2) is 0 Å². The Hall–Kier alpha value is -2.69. The van der Waals surface area contributed by atoms with Crippen molar-refractivity contribution in [3.05, 3.63) is 57.1 Å². The zero-order valence-electron chi connectivity index (χ0n) is 14.8. The van der Waals surface area contributed by atoms with Gasteiger partial charge in [-0.2, -0.15) is 0 Å². The van der Waals surface area contributed by atoms with Crippen molar-refractivity contribution in [3.63, 3.8) is 0 Å². The van der Waals surface area contributed by atoms with Crippen LogP contribution in [0.2, 0.25) is 0 Å². The summed E-state index contributed by atoms with van der Waals surface area (Å²) < 4.78 is 5.41. The van der Waals surface area contributed by atoms with Crippen LogP contribution in [0.15, 0.2) is 33.5 Å². The van der Waals surface area contributed by atoms with Gasteiger partial charge in [-0.1, -0.05) is 49.1 Å². The number of imide groups is 1. The molecule has 2 amide bonds. The van der Waals surface area contributed by atoms with Crippen molar-refractivity contribution in [2.24, 2.45) is 5.92 Å². The highest BCUT2D eigenvalue weighted by Crippen LogP contribution is 2.34. The van der Waals surface area contributed by atoms with E-state index in [2.05, 4.69) is 5.32 Å². The highest BCUT2D eigenvalue weighted by molar-refractivity contribution is 6.10. The van der Waals surface area contributed by atoms with Crippen LogP contribution < -0.4 is 10.9 Å². The van der Waals surface area contributed by atoms with Crippen LogP contribution in [0.4, 0.5) is 0 Å². The van der Waals surface area contributed by atoms with E-state index in [0.717, 1.165) is 23.1 Å². The molecule has 4 rings (SSSR count). The Kier molecular flexibility index (Phi) is 4.23. The number of rotatable bonds is 4. The molecule has 0 spiro atoms. The first kappa shape index (κ1) is 16.8. The minimum atomic E-state index is -0.473. The van der Waals surface area contributed by atoms with Gasteiger partial charge in [0.1, 0.15) is 5.76 Å². The number of nitrogens with one attached hydrogen (secondary N) is 1. The first-order valence-electron chi connectivity index (χ1n) is 9.13. The van der Waals surface area contributed by atoms with Gasteiger partial charge in [-0.05, 0) is 36.8 Å². The van der Waals surface area contributed by atoms with Crippen LogP contribution >= 0.6 is 0 Å². The lowest BCUT2D eigenvalue weighted by Crippen LogP contribution is -2.39. The molecule has 1 N–H and O–H groups in total. The molecular formula is C21H21NO4. The average Bonchev–Trinajstić information content (AvgIpc) is 2.53. The maximum atomic E-state index is 12.7. The van der Waals surface area contributed by atoms with Crippen molar-refractivity contribution in [2.45, 2.75) is 45.4 Å². The van der Waals surface area contributed by atoms with Crippen molar-refractivity contribution >= 4 is 11.8 Å². The molecule has 1 aromatic heterocycles.